The van der Waals surface area contributed by atoms with E-state index >= 15 is 0 Å². The lowest BCUT2D eigenvalue weighted by Crippen LogP contribution is -2.26. The van der Waals surface area contributed by atoms with Crippen LogP contribution in [0.1, 0.15) is 12.0 Å². The highest BCUT2D eigenvalue weighted by Crippen LogP contribution is 2.28. The van der Waals surface area contributed by atoms with Crippen LogP contribution in [0.5, 0.6) is 11.5 Å². The van der Waals surface area contributed by atoms with Crippen LogP contribution in [-0.2, 0) is 9.53 Å². The SMILES string of the molecule is C=CCOc1ccc(/C=C(\C#N)C(=O)NCCCOC)cc1OC. The summed E-state index contributed by atoms with van der Waals surface area (Å²) in [5.41, 5.74) is 0.690. The molecule has 1 aromatic carbocycles. The largest absolute Gasteiger partial charge is 0.493 e. The van der Waals surface area contributed by atoms with E-state index in [1.54, 1.807) is 31.4 Å². The average molecular weight is 330 g/mol. The predicted octanol–water partition coefficient (Wildman–Crippen LogP) is 2.32. The van der Waals surface area contributed by atoms with Gasteiger partial charge in [-0.25, -0.2) is 0 Å². The number of nitrogens with zero attached hydrogens (tertiary/aromatic N) is 1. The number of ether oxygens (including phenoxy) is 3. The molecule has 0 spiro atoms. The van der Waals surface area contributed by atoms with Crippen LogP contribution in [0.15, 0.2) is 36.4 Å². The van der Waals surface area contributed by atoms with E-state index in [2.05, 4.69) is 11.9 Å². The lowest BCUT2D eigenvalue weighted by molar-refractivity contribution is -0.117. The van der Waals surface area contributed by atoms with Crippen molar-refractivity contribution in [1.82, 2.24) is 5.32 Å². The Labute approximate surface area is 142 Å². The van der Waals surface area contributed by atoms with Crippen LogP contribution < -0.4 is 14.8 Å². The number of amides is 1. The van der Waals surface area contributed by atoms with Gasteiger partial charge in [-0.05, 0) is 30.2 Å². The maximum absolute atomic E-state index is 12.0. The van der Waals surface area contributed by atoms with Gasteiger partial charge >= 0.3 is 0 Å². The van der Waals surface area contributed by atoms with Crippen molar-refractivity contribution in [1.29, 1.82) is 5.26 Å². The summed E-state index contributed by atoms with van der Waals surface area (Å²) in [5, 5.41) is 11.9. The maximum Gasteiger partial charge on any atom is 0.261 e. The van der Waals surface area contributed by atoms with Crippen LogP contribution in [0.4, 0.5) is 0 Å². The van der Waals surface area contributed by atoms with E-state index in [1.165, 1.54) is 13.2 Å². The first-order valence-electron chi connectivity index (χ1n) is 7.47. The van der Waals surface area contributed by atoms with Crippen molar-refractivity contribution in [2.75, 3.05) is 34.0 Å². The Morgan fingerprint density at radius 2 is 2.17 bits per heavy atom. The molecule has 0 aliphatic rings. The van der Waals surface area contributed by atoms with Crippen LogP contribution >= 0.6 is 0 Å². The van der Waals surface area contributed by atoms with Gasteiger partial charge in [0, 0.05) is 20.3 Å². The van der Waals surface area contributed by atoms with E-state index in [-0.39, 0.29) is 5.57 Å². The zero-order valence-corrected chi connectivity index (χ0v) is 14.0. The van der Waals surface area contributed by atoms with Gasteiger partial charge in [-0.2, -0.15) is 5.26 Å². The van der Waals surface area contributed by atoms with Gasteiger partial charge in [-0.1, -0.05) is 18.7 Å². The molecule has 1 rings (SSSR count). The second-order valence-corrected chi connectivity index (χ2v) is 4.78. The second kappa shape index (κ2) is 10.9. The van der Waals surface area contributed by atoms with Crippen LogP contribution in [0.3, 0.4) is 0 Å². The number of hydrogen-bond donors (Lipinski definition) is 1. The average Bonchev–Trinajstić information content (AvgIpc) is 2.61. The molecule has 0 saturated heterocycles. The highest BCUT2D eigenvalue weighted by Gasteiger charge is 2.10. The molecule has 1 aromatic rings. The Kier molecular flexibility index (Phi) is 8.72. The molecule has 1 N–H and O–H groups in total. The van der Waals surface area contributed by atoms with Crippen molar-refractivity contribution in [2.24, 2.45) is 0 Å². The third-order valence-corrected chi connectivity index (χ3v) is 3.03. The summed E-state index contributed by atoms with van der Waals surface area (Å²) in [6.07, 6.45) is 3.82. The Morgan fingerprint density at radius 1 is 1.38 bits per heavy atom. The van der Waals surface area contributed by atoms with Crippen molar-refractivity contribution >= 4 is 12.0 Å². The topological polar surface area (TPSA) is 80.6 Å². The fraction of sp³-hybridized carbons (Fsp3) is 0.333. The minimum atomic E-state index is -0.417. The van der Waals surface area contributed by atoms with Crippen molar-refractivity contribution in [3.8, 4) is 17.6 Å². The second-order valence-electron chi connectivity index (χ2n) is 4.78. The highest BCUT2D eigenvalue weighted by molar-refractivity contribution is 6.01. The molecule has 6 heteroatoms. The number of carbonyl (C=O) groups is 1. The molecule has 0 bridgehead atoms. The molecule has 0 atom stereocenters. The number of nitriles is 1. The summed E-state index contributed by atoms with van der Waals surface area (Å²) in [7, 11) is 3.12. The highest BCUT2D eigenvalue weighted by atomic mass is 16.5. The lowest BCUT2D eigenvalue weighted by atomic mass is 10.1. The standard InChI is InChI=1S/C18H22N2O4/c1-4-9-24-16-7-6-14(12-17(16)23-3)11-15(13-19)18(21)20-8-5-10-22-2/h4,6-7,11-12H,1,5,8-10H2,2-3H3,(H,20,21)/b15-11+. The third-order valence-electron chi connectivity index (χ3n) is 3.03. The van der Waals surface area contributed by atoms with Gasteiger partial charge in [0.25, 0.3) is 5.91 Å². The van der Waals surface area contributed by atoms with Crippen LogP contribution in [0.2, 0.25) is 0 Å². The smallest absolute Gasteiger partial charge is 0.261 e. The number of hydrogen-bond acceptors (Lipinski definition) is 5. The molecule has 0 unspecified atom stereocenters. The van der Waals surface area contributed by atoms with Gasteiger partial charge in [0.15, 0.2) is 11.5 Å². The Morgan fingerprint density at radius 3 is 2.79 bits per heavy atom. The minimum absolute atomic E-state index is 0.0224. The number of nitrogens with one attached hydrogen (secondary N) is 1. The van der Waals surface area contributed by atoms with Crippen LogP contribution in [0.25, 0.3) is 6.08 Å². The van der Waals surface area contributed by atoms with E-state index in [0.717, 1.165) is 0 Å². The lowest BCUT2D eigenvalue weighted by Gasteiger charge is -2.10. The first kappa shape index (κ1) is 19.3. The molecular weight excluding hydrogens is 308 g/mol. The van der Waals surface area contributed by atoms with Gasteiger partial charge in [-0.15, -0.1) is 0 Å². The van der Waals surface area contributed by atoms with Crippen molar-refractivity contribution in [3.05, 3.63) is 42.0 Å². The van der Waals surface area contributed by atoms with Crippen LogP contribution in [0, 0.1) is 11.3 Å². The molecule has 0 heterocycles. The number of rotatable bonds is 10. The predicted molar refractivity (Wildman–Crippen MR) is 91.8 cm³/mol. The van der Waals surface area contributed by atoms with Crippen molar-refractivity contribution in [3.63, 3.8) is 0 Å². The normalized spacial score (nSPS) is 10.6. The zero-order valence-electron chi connectivity index (χ0n) is 14.0. The summed E-state index contributed by atoms with van der Waals surface area (Å²) < 4.78 is 15.6. The summed E-state index contributed by atoms with van der Waals surface area (Å²) in [6.45, 7) is 4.95. The van der Waals surface area contributed by atoms with Gasteiger partial charge in [-0.3, -0.25) is 4.79 Å². The minimum Gasteiger partial charge on any atom is -0.493 e. The molecule has 0 radical (unpaired) electrons. The number of methoxy groups -OCH3 is 2. The molecule has 0 aliphatic carbocycles. The summed E-state index contributed by atoms with van der Waals surface area (Å²) in [6, 6.07) is 7.08. The molecule has 1 amide bonds. The Balaban J connectivity index is 2.86. The molecule has 0 saturated carbocycles. The molecule has 24 heavy (non-hydrogen) atoms. The zero-order chi connectivity index (χ0) is 17.8. The first-order chi connectivity index (χ1) is 11.7. The molecule has 6 nitrogen and oxygen atoms in total. The molecule has 0 aliphatic heterocycles. The Hall–Kier alpha value is -2.78. The quantitative estimate of drug-likeness (QED) is 0.308. The summed E-state index contributed by atoms with van der Waals surface area (Å²) in [5.74, 6) is 0.667. The number of carbonyl (C=O) groups excluding carboxylic acids is 1. The molecule has 0 aromatic heterocycles. The van der Waals surface area contributed by atoms with E-state index in [1.807, 2.05) is 6.07 Å². The summed E-state index contributed by atoms with van der Waals surface area (Å²) in [4.78, 5) is 12.0. The first-order valence-corrected chi connectivity index (χ1v) is 7.47. The maximum atomic E-state index is 12.0. The van der Waals surface area contributed by atoms with E-state index in [4.69, 9.17) is 14.2 Å². The van der Waals surface area contributed by atoms with Gasteiger partial charge in [0.05, 0.1) is 7.11 Å². The van der Waals surface area contributed by atoms with Crippen molar-refractivity contribution < 1.29 is 19.0 Å². The monoisotopic (exact) mass is 330 g/mol. The number of benzene rings is 1. The summed E-state index contributed by atoms with van der Waals surface area (Å²) >= 11 is 0. The van der Waals surface area contributed by atoms with Gasteiger partial charge < -0.3 is 19.5 Å². The Bertz CT molecular complexity index is 632. The van der Waals surface area contributed by atoms with Gasteiger partial charge in [0.1, 0.15) is 18.2 Å². The molecule has 0 fully saturated rings. The van der Waals surface area contributed by atoms with Crippen LogP contribution in [-0.4, -0.2) is 39.9 Å². The fourth-order valence-corrected chi connectivity index (χ4v) is 1.87. The van der Waals surface area contributed by atoms with E-state index in [0.29, 0.717) is 43.2 Å². The third kappa shape index (κ3) is 6.15. The van der Waals surface area contributed by atoms with Crippen molar-refractivity contribution in [2.45, 2.75) is 6.42 Å². The van der Waals surface area contributed by atoms with Gasteiger partial charge in [0.2, 0.25) is 0 Å². The fourth-order valence-electron chi connectivity index (χ4n) is 1.87. The van der Waals surface area contributed by atoms with E-state index in [9.17, 15) is 10.1 Å². The molecule has 128 valence electrons. The molecular formula is C18H22N2O4. The van der Waals surface area contributed by atoms with E-state index < -0.39 is 5.91 Å².